The van der Waals surface area contributed by atoms with E-state index in [4.69, 9.17) is 14.7 Å². The molecule has 0 atom stereocenters. The number of ether oxygens (including phenoxy) is 2. The van der Waals surface area contributed by atoms with Gasteiger partial charge in [-0.1, -0.05) is 12.1 Å². The Balaban J connectivity index is 1.55. The van der Waals surface area contributed by atoms with Crippen molar-refractivity contribution in [2.75, 3.05) is 26.1 Å². The van der Waals surface area contributed by atoms with Gasteiger partial charge in [-0.3, -0.25) is 0 Å². The Hall–Kier alpha value is -4.62. The summed E-state index contributed by atoms with van der Waals surface area (Å²) in [6.45, 7) is 0. The number of nitrogens with zero attached hydrogens (tertiary/aromatic N) is 2. The average Bonchev–Trinajstić information content (AvgIpc) is 3.36. The van der Waals surface area contributed by atoms with Gasteiger partial charge in [0.05, 0.1) is 17.7 Å². The molecule has 0 bridgehead atoms. The summed E-state index contributed by atoms with van der Waals surface area (Å²) in [6.07, 6.45) is 3.77. The third-order valence-corrected chi connectivity index (χ3v) is 6.83. The van der Waals surface area contributed by atoms with E-state index in [0.717, 1.165) is 27.6 Å². The second kappa shape index (κ2) is 11.4. The van der Waals surface area contributed by atoms with Gasteiger partial charge in [-0.25, -0.2) is 22.4 Å². The van der Waals surface area contributed by atoms with E-state index >= 15 is 0 Å². The average molecular weight is 553 g/mol. The zero-order valence-corrected chi connectivity index (χ0v) is 21.7. The molecular formula is C29H20F4N2O3S. The number of anilines is 1. The molecule has 0 fully saturated rings. The van der Waals surface area contributed by atoms with Gasteiger partial charge in [0, 0.05) is 31.1 Å². The Kier molecular flexibility index (Phi) is 8.02. The minimum Gasteiger partial charge on any atom is -0.496 e. The number of methoxy groups -OCH3 is 1. The van der Waals surface area contributed by atoms with Crippen molar-refractivity contribution in [3.05, 3.63) is 99.4 Å². The van der Waals surface area contributed by atoms with Gasteiger partial charge in [0.25, 0.3) is 0 Å². The zero-order valence-electron chi connectivity index (χ0n) is 20.9. The number of carbonyl (C=O) groups excluding carboxylic acids is 1. The lowest BCUT2D eigenvalue weighted by atomic mass is 10.0. The second-order valence-corrected chi connectivity index (χ2v) is 9.54. The summed E-state index contributed by atoms with van der Waals surface area (Å²) in [5.41, 5.74) is -1.31. The van der Waals surface area contributed by atoms with Gasteiger partial charge in [0.1, 0.15) is 52.0 Å². The molecule has 0 amide bonds. The molecule has 0 saturated heterocycles. The Morgan fingerprint density at radius 3 is 2.15 bits per heavy atom. The molecule has 1 aromatic heterocycles. The van der Waals surface area contributed by atoms with Crippen molar-refractivity contribution in [3.8, 4) is 28.7 Å². The highest BCUT2D eigenvalue weighted by molar-refractivity contribution is 7.16. The molecule has 0 aliphatic rings. The number of esters is 1. The predicted octanol–water partition coefficient (Wildman–Crippen LogP) is 7.31. The fourth-order valence-electron chi connectivity index (χ4n) is 3.70. The van der Waals surface area contributed by atoms with Gasteiger partial charge in [-0.2, -0.15) is 5.26 Å². The quantitative estimate of drug-likeness (QED) is 0.137. The highest BCUT2D eigenvalue weighted by Crippen LogP contribution is 2.33. The normalized spacial score (nSPS) is 10.9. The lowest BCUT2D eigenvalue weighted by Gasteiger charge is -2.12. The van der Waals surface area contributed by atoms with Crippen molar-refractivity contribution in [1.29, 1.82) is 5.26 Å². The largest absolute Gasteiger partial charge is 0.496 e. The van der Waals surface area contributed by atoms with E-state index in [1.807, 2.05) is 43.3 Å². The molecule has 4 aromatic rings. The summed E-state index contributed by atoms with van der Waals surface area (Å²) in [7, 11) is 5.28. The molecule has 0 aliphatic carbocycles. The molecule has 1 heterocycles. The summed E-state index contributed by atoms with van der Waals surface area (Å²) < 4.78 is 68.0. The van der Waals surface area contributed by atoms with E-state index in [2.05, 4.69) is 0 Å². The smallest absolute Gasteiger partial charge is 0.347 e. The lowest BCUT2D eigenvalue weighted by molar-refractivity contribution is 0.0730. The van der Waals surface area contributed by atoms with Crippen LogP contribution in [0.4, 0.5) is 22.6 Å². The van der Waals surface area contributed by atoms with Crippen LogP contribution in [0.5, 0.6) is 11.5 Å². The molecule has 0 radical (unpaired) electrons. The maximum Gasteiger partial charge on any atom is 0.347 e. The minimum atomic E-state index is -1.26. The van der Waals surface area contributed by atoms with Gasteiger partial charge >= 0.3 is 5.97 Å². The number of thiophene rings is 1. The van der Waals surface area contributed by atoms with Crippen LogP contribution >= 0.6 is 11.3 Å². The number of rotatable bonds is 7. The molecule has 0 spiro atoms. The van der Waals surface area contributed by atoms with Crippen molar-refractivity contribution >= 4 is 34.5 Å². The van der Waals surface area contributed by atoms with Crippen LogP contribution < -0.4 is 14.4 Å². The van der Waals surface area contributed by atoms with Crippen LogP contribution in [-0.4, -0.2) is 27.2 Å². The van der Waals surface area contributed by atoms with Crippen molar-refractivity contribution in [2.24, 2.45) is 0 Å². The fourth-order valence-corrected chi connectivity index (χ4v) is 4.53. The SMILES string of the molecule is COc1cc(/C=C/c2ccc(N(C)C)s2)ccc1C(=O)Oc1cc(F)c(-c2cc(F)c(C#N)c(F)c2)c(F)c1. The third kappa shape index (κ3) is 5.94. The van der Waals surface area contributed by atoms with Crippen molar-refractivity contribution in [3.63, 3.8) is 0 Å². The number of hydrogen-bond donors (Lipinski definition) is 0. The second-order valence-electron chi connectivity index (χ2n) is 8.44. The highest BCUT2D eigenvalue weighted by atomic mass is 32.1. The summed E-state index contributed by atoms with van der Waals surface area (Å²) in [4.78, 5) is 15.8. The Morgan fingerprint density at radius 1 is 0.923 bits per heavy atom. The summed E-state index contributed by atoms with van der Waals surface area (Å²) in [5, 5.41) is 9.89. The van der Waals surface area contributed by atoms with Crippen molar-refractivity contribution < 1.29 is 31.8 Å². The first-order valence-electron chi connectivity index (χ1n) is 11.3. The van der Waals surface area contributed by atoms with E-state index in [0.29, 0.717) is 12.1 Å². The standard InChI is InChI=1S/C29H20F4N2O3S/c1-35(2)27-9-7-19(39-27)6-4-16-5-8-20(26(10-16)37-3)29(36)38-18-13-24(32)28(25(33)14-18)17-11-22(30)21(15-34)23(31)12-17/h4-14H,1-3H3/b6-4+. The molecule has 3 aromatic carbocycles. The van der Waals surface area contributed by atoms with Gasteiger partial charge in [-0.05, 0) is 53.6 Å². The van der Waals surface area contributed by atoms with Crippen molar-refractivity contribution in [1.82, 2.24) is 0 Å². The van der Waals surface area contributed by atoms with E-state index in [9.17, 15) is 22.4 Å². The maximum atomic E-state index is 14.8. The predicted molar refractivity (Wildman–Crippen MR) is 142 cm³/mol. The first-order valence-corrected chi connectivity index (χ1v) is 12.2. The molecule has 0 unspecified atom stereocenters. The highest BCUT2D eigenvalue weighted by Gasteiger charge is 2.21. The molecule has 0 saturated carbocycles. The monoisotopic (exact) mass is 552 g/mol. The van der Waals surface area contributed by atoms with Gasteiger partial charge in [0.2, 0.25) is 0 Å². The number of carbonyl (C=O) groups is 1. The van der Waals surface area contributed by atoms with Crippen LogP contribution in [0.1, 0.15) is 26.4 Å². The van der Waals surface area contributed by atoms with Gasteiger partial charge < -0.3 is 14.4 Å². The molecule has 4 rings (SSSR count). The van der Waals surface area contributed by atoms with Crippen LogP contribution in [0.25, 0.3) is 23.3 Å². The molecule has 39 heavy (non-hydrogen) atoms. The van der Waals surface area contributed by atoms with Crippen LogP contribution in [0.15, 0.2) is 54.6 Å². The van der Waals surface area contributed by atoms with Crippen LogP contribution in [-0.2, 0) is 0 Å². The van der Waals surface area contributed by atoms with Crippen molar-refractivity contribution in [2.45, 2.75) is 0 Å². The topological polar surface area (TPSA) is 62.6 Å². The lowest BCUT2D eigenvalue weighted by Crippen LogP contribution is -2.11. The molecule has 5 nitrogen and oxygen atoms in total. The molecule has 0 aliphatic heterocycles. The number of halogens is 4. The van der Waals surface area contributed by atoms with Gasteiger partial charge in [0.15, 0.2) is 0 Å². The minimum absolute atomic E-state index is 0.0156. The van der Waals surface area contributed by atoms with Crippen LogP contribution in [0.2, 0.25) is 0 Å². The van der Waals surface area contributed by atoms with E-state index in [-0.39, 0.29) is 11.3 Å². The zero-order chi connectivity index (χ0) is 28.3. The Bertz CT molecular complexity index is 1590. The number of hydrogen-bond acceptors (Lipinski definition) is 6. The summed E-state index contributed by atoms with van der Waals surface area (Å²) in [6, 6.07) is 12.8. The summed E-state index contributed by atoms with van der Waals surface area (Å²) >= 11 is 1.61. The maximum absolute atomic E-state index is 14.8. The van der Waals surface area contributed by atoms with E-state index in [1.54, 1.807) is 23.5 Å². The molecule has 10 heteroatoms. The molecule has 198 valence electrons. The third-order valence-electron chi connectivity index (χ3n) is 5.61. The van der Waals surface area contributed by atoms with Crippen LogP contribution in [0.3, 0.4) is 0 Å². The van der Waals surface area contributed by atoms with E-state index in [1.165, 1.54) is 19.2 Å². The Labute approximate surface area is 225 Å². The summed E-state index contributed by atoms with van der Waals surface area (Å²) in [5.74, 6) is -6.18. The fraction of sp³-hybridized carbons (Fsp3) is 0.103. The first kappa shape index (κ1) is 27.4. The van der Waals surface area contributed by atoms with Crippen LogP contribution in [0, 0.1) is 34.6 Å². The molecule has 0 N–H and O–H groups in total. The number of nitriles is 1. The number of benzene rings is 3. The first-order chi connectivity index (χ1) is 18.6. The molecular weight excluding hydrogens is 532 g/mol. The van der Waals surface area contributed by atoms with E-state index < -0.39 is 51.7 Å². The Morgan fingerprint density at radius 2 is 1.59 bits per heavy atom. The van der Waals surface area contributed by atoms with Gasteiger partial charge in [-0.15, -0.1) is 11.3 Å².